The van der Waals surface area contributed by atoms with Crippen molar-refractivity contribution < 1.29 is 14.3 Å². The van der Waals surface area contributed by atoms with Crippen LogP contribution in [0.5, 0.6) is 0 Å². The second-order valence-corrected chi connectivity index (χ2v) is 5.34. The summed E-state index contributed by atoms with van der Waals surface area (Å²) >= 11 is 0. The molecule has 1 rings (SSSR count). The molecule has 0 bridgehead atoms. The molecule has 1 amide bonds. The third-order valence-electron chi connectivity index (χ3n) is 2.73. The molecule has 2 unspecified atom stereocenters. The van der Waals surface area contributed by atoms with E-state index >= 15 is 0 Å². The van der Waals surface area contributed by atoms with Crippen LogP contribution in [0.15, 0.2) is 0 Å². The van der Waals surface area contributed by atoms with Crippen molar-refractivity contribution in [1.29, 1.82) is 0 Å². The molecule has 1 saturated heterocycles. The first-order valence-corrected chi connectivity index (χ1v) is 6.03. The number of carbonyl (C=O) groups excluding carboxylic acids is 1. The van der Waals surface area contributed by atoms with Crippen molar-refractivity contribution in [2.24, 2.45) is 0 Å². The molecule has 0 aromatic heterocycles. The largest absolute Gasteiger partial charge is 0.367 e. The van der Waals surface area contributed by atoms with E-state index < -0.39 is 6.10 Å². The van der Waals surface area contributed by atoms with Crippen molar-refractivity contribution in [1.82, 2.24) is 10.2 Å². The van der Waals surface area contributed by atoms with Crippen LogP contribution in [0.3, 0.4) is 0 Å². The van der Waals surface area contributed by atoms with E-state index in [0.717, 1.165) is 13.1 Å². The predicted octanol–water partition coefficient (Wildman–Crippen LogP) is 0.247. The predicted molar refractivity (Wildman–Crippen MR) is 65.9 cm³/mol. The van der Waals surface area contributed by atoms with E-state index in [1.807, 2.05) is 13.8 Å². The van der Waals surface area contributed by atoms with Crippen molar-refractivity contribution in [2.75, 3.05) is 33.8 Å². The Labute approximate surface area is 103 Å². The number of hydrogen-bond donors (Lipinski definition) is 1. The zero-order valence-corrected chi connectivity index (χ0v) is 11.4. The fourth-order valence-corrected chi connectivity index (χ4v) is 1.85. The third kappa shape index (κ3) is 4.61. The van der Waals surface area contributed by atoms with Gasteiger partial charge in [-0.3, -0.25) is 4.79 Å². The normalized spacial score (nSPS) is 25.4. The summed E-state index contributed by atoms with van der Waals surface area (Å²) in [4.78, 5) is 13.1. The van der Waals surface area contributed by atoms with Crippen LogP contribution in [0, 0.1) is 0 Å². The summed E-state index contributed by atoms with van der Waals surface area (Å²) < 4.78 is 11.4. The number of rotatable bonds is 4. The minimum absolute atomic E-state index is 0.0103. The molecule has 1 N–H and O–H groups in total. The van der Waals surface area contributed by atoms with Gasteiger partial charge in [-0.2, -0.15) is 0 Å². The fourth-order valence-electron chi connectivity index (χ4n) is 1.85. The molecule has 5 heteroatoms. The molecular weight excluding hydrogens is 220 g/mol. The average Bonchev–Trinajstić information content (AvgIpc) is 2.23. The number of nitrogens with one attached hydrogen (secondary N) is 1. The molecule has 1 fully saturated rings. The number of hydrogen-bond acceptors (Lipinski definition) is 4. The highest BCUT2D eigenvalue weighted by Crippen LogP contribution is 2.15. The van der Waals surface area contributed by atoms with Gasteiger partial charge in [0.2, 0.25) is 0 Å². The van der Waals surface area contributed by atoms with E-state index in [0.29, 0.717) is 6.61 Å². The average molecular weight is 244 g/mol. The third-order valence-corrected chi connectivity index (χ3v) is 2.73. The van der Waals surface area contributed by atoms with E-state index in [4.69, 9.17) is 9.47 Å². The zero-order valence-electron chi connectivity index (χ0n) is 11.4. The number of morpholine rings is 1. The Hall–Kier alpha value is -0.650. The Morgan fingerprint density at radius 2 is 2.24 bits per heavy atom. The van der Waals surface area contributed by atoms with Gasteiger partial charge in [0.15, 0.2) is 0 Å². The van der Waals surface area contributed by atoms with Gasteiger partial charge >= 0.3 is 0 Å². The van der Waals surface area contributed by atoms with E-state index in [9.17, 15) is 4.79 Å². The van der Waals surface area contributed by atoms with Gasteiger partial charge in [0, 0.05) is 27.2 Å². The Morgan fingerprint density at radius 1 is 1.59 bits per heavy atom. The Kier molecular flexibility index (Phi) is 4.91. The monoisotopic (exact) mass is 244 g/mol. The van der Waals surface area contributed by atoms with Gasteiger partial charge in [0.05, 0.1) is 18.3 Å². The lowest BCUT2D eigenvalue weighted by Crippen LogP contribution is -2.52. The molecule has 100 valence electrons. The number of carbonyl (C=O) groups is 1. The highest BCUT2D eigenvalue weighted by Gasteiger charge is 2.29. The second kappa shape index (κ2) is 5.80. The lowest BCUT2D eigenvalue weighted by molar-refractivity contribution is -0.151. The molecule has 0 saturated carbocycles. The fraction of sp³-hybridized carbons (Fsp3) is 0.917. The van der Waals surface area contributed by atoms with Crippen molar-refractivity contribution in [3.05, 3.63) is 0 Å². The molecule has 1 aliphatic rings. The molecule has 1 aliphatic heterocycles. The van der Waals surface area contributed by atoms with Crippen LogP contribution in [0.4, 0.5) is 0 Å². The number of likely N-dealkylation sites (N-methyl/N-ethyl adjacent to an activating group) is 1. The van der Waals surface area contributed by atoms with Gasteiger partial charge in [-0.15, -0.1) is 0 Å². The second-order valence-electron chi connectivity index (χ2n) is 5.34. The molecule has 0 aliphatic carbocycles. The zero-order chi connectivity index (χ0) is 13.1. The maximum atomic E-state index is 11.6. The highest BCUT2D eigenvalue weighted by atomic mass is 16.6. The molecule has 2 atom stereocenters. The van der Waals surface area contributed by atoms with Crippen LogP contribution in [0.2, 0.25) is 0 Å². The number of nitrogens with zero attached hydrogens (tertiary/aromatic N) is 1. The summed E-state index contributed by atoms with van der Waals surface area (Å²) in [6.45, 7) is 7.91. The van der Waals surface area contributed by atoms with E-state index in [2.05, 4.69) is 5.32 Å². The summed E-state index contributed by atoms with van der Waals surface area (Å²) in [5.74, 6) is -0.0203. The minimum atomic E-state index is -0.418. The van der Waals surface area contributed by atoms with E-state index in [-0.39, 0.29) is 17.6 Å². The smallest absolute Gasteiger partial charge is 0.250 e. The number of ether oxygens (including phenoxy) is 2. The summed E-state index contributed by atoms with van der Waals surface area (Å²) in [5.41, 5.74) is -0.166. The van der Waals surface area contributed by atoms with Crippen LogP contribution in [-0.2, 0) is 14.3 Å². The van der Waals surface area contributed by atoms with Crippen LogP contribution < -0.4 is 5.32 Å². The van der Waals surface area contributed by atoms with Crippen LogP contribution >= 0.6 is 0 Å². The molecule has 0 radical (unpaired) electrons. The lowest BCUT2D eigenvalue weighted by Gasteiger charge is -2.36. The summed E-state index contributed by atoms with van der Waals surface area (Å²) in [7, 11) is 3.45. The minimum Gasteiger partial charge on any atom is -0.367 e. The van der Waals surface area contributed by atoms with Crippen LogP contribution in [0.25, 0.3) is 0 Å². The first-order chi connectivity index (χ1) is 7.82. The van der Waals surface area contributed by atoms with Gasteiger partial charge < -0.3 is 19.7 Å². The number of amides is 1. The van der Waals surface area contributed by atoms with Crippen LogP contribution in [-0.4, -0.2) is 62.4 Å². The molecule has 17 heavy (non-hydrogen) atoms. The Balaban J connectivity index is 2.33. The van der Waals surface area contributed by atoms with Gasteiger partial charge in [0.1, 0.15) is 6.10 Å². The Bertz CT molecular complexity index is 266. The van der Waals surface area contributed by atoms with E-state index in [1.54, 1.807) is 21.0 Å². The summed E-state index contributed by atoms with van der Waals surface area (Å²) in [5, 5.41) is 3.30. The molecular formula is C12H24N2O3. The molecule has 5 nitrogen and oxygen atoms in total. The first kappa shape index (κ1) is 14.4. The first-order valence-electron chi connectivity index (χ1n) is 6.03. The van der Waals surface area contributed by atoms with Crippen LogP contribution in [0.1, 0.15) is 20.8 Å². The maximum Gasteiger partial charge on any atom is 0.250 e. The van der Waals surface area contributed by atoms with Gasteiger partial charge in [-0.25, -0.2) is 0 Å². The molecule has 0 spiro atoms. The van der Waals surface area contributed by atoms with Crippen molar-refractivity contribution in [3.8, 4) is 0 Å². The van der Waals surface area contributed by atoms with Gasteiger partial charge in [0.25, 0.3) is 5.91 Å². The quantitative estimate of drug-likeness (QED) is 0.770. The summed E-state index contributed by atoms with van der Waals surface area (Å²) in [6.07, 6.45) is -0.408. The van der Waals surface area contributed by atoms with Gasteiger partial charge in [-0.05, 0) is 20.8 Å². The standard InChI is InChI=1S/C12H24N2O3/c1-9(11(15)14(4)5)16-7-10-6-13-8-12(2,3)17-10/h9-10,13H,6-8H2,1-5H3. The molecule has 1 heterocycles. The van der Waals surface area contributed by atoms with E-state index in [1.165, 1.54) is 4.90 Å². The van der Waals surface area contributed by atoms with Crippen molar-refractivity contribution in [3.63, 3.8) is 0 Å². The van der Waals surface area contributed by atoms with Crippen molar-refractivity contribution in [2.45, 2.75) is 38.6 Å². The SMILES string of the molecule is CC(OCC1CNCC(C)(C)O1)C(=O)N(C)C. The highest BCUT2D eigenvalue weighted by molar-refractivity contribution is 5.79. The molecule has 0 aromatic carbocycles. The van der Waals surface area contributed by atoms with Gasteiger partial charge in [-0.1, -0.05) is 0 Å². The summed E-state index contributed by atoms with van der Waals surface area (Å²) in [6, 6.07) is 0. The Morgan fingerprint density at radius 3 is 2.76 bits per heavy atom. The molecule has 0 aromatic rings. The lowest BCUT2D eigenvalue weighted by atomic mass is 10.1. The van der Waals surface area contributed by atoms with Crippen molar-refractivity contribution >= 4 is 5.91 Å². The topological polar surface area (TPSA) is 50.8 Å². The maximum absolute atomic E-state index is 11.6.